The number of hydrogen-bond donors (Lipinski definition) is 0. The highest BCUT2D eigenvalue weighted by Gasteiger charge is 2.31. The molecule has 0 aliphatic carbocycles. The van der Waals surface area contributed by atoms with Crippen molar-refractivity contribution in [1.29, 1.82) is 0 Å². The second kappa shape index (κ2) is 7.13. The van der Waals surface area contributed by atoms with Gasteiger partial charge in [-0.3, -0.25) is 9.59 Å². The van der Waals surface area contributed by atoms with Gasteiger partial charge in [0.05, 0.1) is 6.42 Å². The molecule has 0 spiro atoms. The second-order valence-electron chi connectivity index (χ2n) is 6.37. The van der Waals surface area contributed by atoms with Crippen LogP contribution in [0, 0.1) is 6.92 Å². The fraction of sp³-hybridized carbons (Fsp3) is 0.556. The molecule has 124 valence electrons. The van der Waals surface area contributed by atoms with E-state index < -0.39 is 0 Å². The Balaban J connectivity index is 1.50. The largest absolute Gasteiger partial charge is 0.368 e. The van der Waals surface area contributed by atoms with Gasteiger partial charge in [-0.05, 0) is 25.3 Å². The molecular weight excluding hydrogens is 292 g/mol. The molecule has 3 rings (SSSR count). The maximum absolute atomic E-state index is 12.4. The van der Waals surface area contributed by atoms with Crippen LogP contribution >= 0.6 is 0 Å². The molecule has 1 aromatic carbocycles. The number of benzene rings is 1. The summed E-state index contributed by atoms with van der Waals surface area (Å²) in [6.07, 6.45) is 1.96. The van der Waals surface area contributed by atoms with Gasteiger partial charge in [0.2, 0.25) is 5.91 Å². The van der Waals surface area contributed by atoms with Crippen molar-refractivity contribution in [3.8, 4) is 0 Å². The van der Waals surface area contributed by atoms with Crippen LogP contribution in [-0.2, 0) is 20.7 Å². The number of hydrogen-bond acceptors (Lipinski definition) is 3. The van der Waals surface area contributed by atoms with Crippen molar-refractivity contribution >= 4 is 11.8 Å². The summed E-state index contributed by atoms with van der Waals surface area (Å²) in [4.78, 5) is 28.4. The SMILES string of the molecule is Cc1cccc(CC(=O)N2CCN(C(=O)[C@@H]3CCCO3)CC2)c1. The predicted molar refractivity (Wildman–Crippen MR) is 87.0 cm³/mol. The molecule has 5 heteroatoms. The third-order valence-electron chi connectivity index (χ3n) is 4.59. The van der Waals surface area contributed by atoms with E-state index in [2.05, 4.69) is 6.07 Å². The maximum atomic E-state index is 12.4. The lowest BCUT2D eigenvalue weighted by atomic mass is 10.1. The van der Waals surface area contributed by atoms with Crippen molar-refractivity contribution in [2.24, 2.45) is 0 Å². The molecule has 1 aromatic rings. The fourth-order valence-electron chi connectivity index (χ4n) is 3.26. The van der Waals surface area contributed by atoms with E-state index in [9.17, 15) is 9.59 Å². The normalized spacial score (nSPS) is 21.5. The fourth-order valence-corrected chi connectivity index (χ4v) is 3.26. The molecule has 2 heterocycles. The highest BCUT2D eigenvalue weighted by Crippen LogP contribution is 2.16. The molecular formula is C18H24N2O3. The van der Waals surface area contributed by atoms with Crippen LogP contribution in [0.3, 0.4) is 0 Å². The minimum atomic E-state index is -0.260. The van der Waals surface area contributed by atoms with Crippen molar-refractivity contribution in [1.82, 2.24) is 9.80 Å². The number of rotatable bonds is 3. The lowest BCUT2D eigenvalue weighted by molar-refractivity contribution is -0.145. The number of amides is 2. The summed E-state index contributed by atoms with van der Waals surface area (Å²) in [6, 6.07) is 8.05. The standard InChI is InChI=1S/C18H24N2O3/c1-14-4-2-5-15(12-14)13-17(21)19-7-9-20(10-8-19)18(22)16-6-3-11-23-16/h2,4-5,12,16H,3,6-11,13H2,1H3/t16-/m0/s1. The Hall–Kier alpha value is -1.88. The summed E-state index contributed by atoms with van der Waals surface area (Å²) in [7, 11) is 0. The Kier molecular flexibility index (Phi) is 4.96. The van der Waals surface area contributed by atoms with Crippen LogP contribution in [0.4, 0.5) is 0 Å². The van der Waals surface area contributed by atoms with Gasteiger partial charge >= 0.3 is 0 Å². The van der Waals surface area contributed by atoms with Gasteiger partial charge in [0.15, 0.2) is 0 Å². The molecule has 2 fully saturated rings. The quantitative estimate of drug-likeness (QED) is 0.847. The van der Waals surface area contributed by atoms with E-state index in [4.69, 9.17) is 4.74 Å². The minimum absolute atomic E-state index is 0.0910. The summed E-state index contributed by atoms with van der Waals surface area (Å²) in [5.41, 5.74) is 2.22. The minimum Gasteiger partial charge on any atom is -0.368 e. The Morgan fingerprint density at radius 2 is 1.91 bits per heavy atom. The molecule has 2 aliphatic heterocycles. The van der Waals surface area contributed by atoms with Gasteiger partial charge in [0.25, 0.3) is 5.91 Å². The molecule has 1 atom stereocenters. The predicted octanol–water partition coefficient (Wildman–Crippen LogP) is 1.39. The number of carbonyl (C=O) groups is 2. The topological polar surface area (TPSA) is 49.9 Å². The Labute approximate surface area is 137 Å². The Morgan fingerprint density at radius 3 is 2.57 bits per heavy atom. The van der Waals surface area contributed by atoms with Crippen molar-refractivity contribution in [3.63, 3.8) is 0 Å². The van der Waals surface area contributed by atoms with Crippen LogP contribution in [0.2, 0.25) is 0 Å². The van der Waals surface area contributed by atoms with E-state index in [-0.39, 0.29) is 17.9 Å². The number of nitrogens with zero attached hydrogens (tertiary/aromatic N) is 2. The summed E-state index contributed by atoms with van der Waals surface area (Å²) in [5.74, 6) is 0.230. The van der Waals surface area contributed by atoms with Gasteiger partial charge < -0.3 is 14.5 Å². The van der Waals surface area contributed by atoms with Gasteiger partial charge in [-0.15, -0.1) is 0 Å². The highest BCUT2D eigenvalue weighted by atomic mass is 16.5. The van der Waals surface area contributed by atoms with Crippen LogP contribution in [0.5, 0.6) is 0 Å². The van der Waals surface area contributed by atoms with Crippen LogP contribution in [0.25, 0.3) is 0 Å². The van der Waals surface area contributed by atoms with Gasteiger partial charge in [-0.2, -0.15) is 0 Å². The zero-order chi connectivity index (χ0) is 16.2. The van der Waals surface area contributed by atoms with E-state index in [1.165, 1.54) is 5.56 Å². The average Bonchev–Trinajstić information content (AvgIpc) is 3.09. The zero-order valence-electron chi connectivity index (χ0n) is 13.7. The van der Waals surface area contributed by atoms with E-state index >= 15 is 0 Å². The first-order valence-electron chi connectivity index (χ1n) is 8.37. The maximum Gasteiger partial charge on any atom is 0.251 e. The summed E-state index contributed by atoms with van der Waals surface area (Å²) in [5, 5.41) is 0. The monoisotopic (exact) mass is 316 g/mol. The molecule has 23 heavy (non-hydrogen) atoms. The summed E-state index contributed by atoms with van der Waals surface area (Å²) < 4.78 is 5.46. The number of aryl methyl sites for hydroxylation is 1. The number of carbonyl (C=O) groups excluding carboxylic acids is 2. The third kappa shape index (κ3) is 3.91. The van der Waals surface area contributed by atoms with E-state index in [0.29, 0.717) is 39.2 Å². The van der Waals surface area contributed by atoms with E-state index in [1.54, 1.807) is 0 Å². The van der Waals surface area contributed by atoms with Crippen molar-refractivity contribution in [2.45, 2.75) is 32.3 Å². The van der Waals surface area contributed by atoms with Crippen molar-refractivity contribution < 1.29 is 14.3 Å². The lowest BCUT2D eigenvalue weighted by Gasteiger charge is -2.35. The van der Waals surface area contributed by atoms with Crippen LogP contribution in [0.15, 0.2) is 24.3 Å². The number of piperazine rings is 1. The molecule has 0 aromatic heterocycles. The average molecular weight is 316 g/mol. The van der Waals surface area contributed by atoms with Crippen LogP contribution < -0.4 is 0 Å². The van der Waals surface area contributed by atoms with Crippen molar-refractivity contribution in [2.75, 3.05) is 32.8 Å². The highest BCUT2D eigenvalue weighted by molar-refractivity contribution is 5.82. The third-order valence-corrected chi connectivity index (χ3v) is 4.59. The van der Waals surface area contributed by atoms with Gasteiger partial charge in [-0.1, -0.05) is 29.8 Å². The molecule has 0 radical (unpaired) electrons. The van der Waals surface area contributed by atoms with Crippen LogP contribution in [-0.4, -0.2) is 60.5 Å². The van der Waals surface area contributed by atoms with E-state index in [0.717, 1.165) is 18.4 Å². The molecule has 2 saturated heterocycles. The van der Waals surface area contributed by atoms with E-state index in [1.807, 2.05) is 34.9 Å². The first kappa shape index (κ1) is 16.0. The molecule has 5 nitrogen and oxygen atoms in total. The molecule has 0 bridgehead atoms. The first-order valence-corrected chi connectivity index (χ1v) is 8.37. The molecule has 0 saturated carbocycles. The van der Waals surface area contributed by atoms with Crippen molar-refractivity contribution in [3.05, 3.63) is 35.4 Å². The molecule has 2 amide bonds. The van der Waals surface area contributed by atoms with Gasteiger partial charge in [-0.25, -0.2) is 0 Å². The summed E-state index contributed by atoms with van der Waals surface area (Å²) in [6.45, 7) is 5.16. The van der Waals surface area contributed by atoms with Gasteiger partial charge in [0.1, 0.15) is 6.10 Å². The smallest absolute Gasteiger partial charge is 0.251 e. The Bertz CT molecular complexity index is 573. The Morgan fingerprint density at radius 1 is 1.17 bits per heavy atom. The molecule has 2 aliphatic rings. The summed E-state index contributed by atoms with van der Waals surface area (Å²) >= 11 is 0. The zero-order valence-corrected chi connectivity index (χ0v) is 13.7. The van der Waals surface area contributed by atoms with Crippen LogP contribution in [0.1, 0.15) is 24.0 Å². The van der Waals surface area contributed by atoms with Gasteiger partial charge in [0, 0.05) is 32.8 Å². The molecule has 0 unspecified atom stereocenters. The lowest BCUT2D eigenvalue weighted by Crippen LogP contribution is -2.53. The molecule has 0 N–H and O–H groups in total. The first-order chi connectivity index (χ1) is 11.1. The second-order valence-corrected chi connectivity index (χ2v) is 6.37. The number of ether oxygens (including phenoxy) is 1.